The van der Waals surface area contributed by atoms with Crippen molar-refractivity contribution in [3.05, 3.63) is 41.7 Å². The number of aryl methyl sites for hydroxylation is 1. The second-order valence-corrected chi connectivity index (χ2v) is 12.5. The maximum absolute atomic E-state index is 12.7. The summed E-state index contributed by atoms with van der Waals surface area (Å²) in [4.78, 5) is 60.5. The number of nitrogens with one attached hydrogen (secondary N) is 2. The average Bonchev–Trinajstić information content (AvgIpc) is 3.63. The quantitative estimate of drug-likeness (QED) is 0.117. The SMILES string of the molecule is CC(=O)COCC(=O)NCCOCCOCCn1cc(CNC(=O)C2CCC(CN3C(=O)CC(C)C3=O)CC2)nn1.Cc1ccc(N)cc1. The van der Waals surface area contributed by atoms with Crippen LogP contribution in [0.15, 0.2) is 30.5 Å². The van der Waals surface area contributed by atoms with Crippen LogP contribution < -0.4 is 16.4 Å². The molecule has 15 nitrogen and oxygen atoms in total. The van der Waals surface area contributed by atoms with Crippen LogP contribution in [0.3, 0.4) is 0 Å². The van der Waals surface area contributed by atoms with Crippen molar-refractivity contribution < 1.29 is 38.2 Å². The van der Waals surface area contributed by atoms with Gasteiger partial charge in [-0.3, -0.25) is 28.9 Å². The van der Waals surface area contributed by atoms with Crippen LogP contribution in [-0.2, 0) is 51.3 Å². The molecule has 1 aromatic carbocycles. The Labute approximate surface area is 287 Å². The lowest BCUT2D eigenvalue weighted by Crippen LogP contribution is -2.38. The van der Waals surface area contributed by atoms with E-state index in [9.17, 15) is 24.0 Å². The lowest BCUT2D eigenvalue weighted by atomic mass is 9.81. The van der Waals surface area contributed by atoms with Gasteiger partial charge in [0.15, 0.2) is 5.78 Å². The molecule has 2 aliphatic rings. The molecule has 4 rings (SSSR count). The van der Waals surface area contributed by atoms with Crippen molar-refractivity contribution in [1.29, 1.82) is 0 Å². The number of aromatic nitrogens is 3. The summed E-state index contributed by atoms with van der Waals surface area (Å²) in [5.41, 5.74) is 8.16. The number of likely N-dealkylation sites (tertiary alicyclic amines) is 1. The first-order valence-electron chi connectivity index (χ1n) is 16.8. The second kappa shape index (κ2) is 21.0. The normalized spacial score (nSPS) is 18.9. The Hall–Kier alpha value is -4.21. The number of benzene rings is 1. The zero-order chi connectivity index (χ0) is 35.6. The minimum absolute atomic E-state index is 0.0100. The molecule has 49 heavy (non-hydrogen) atoms. The maximum atomic E-state index is 12.7. The van der Waals surface area contributed by atoms with Crippen LogP contribution in [0.4, 0.5) is 5.69 Å². The van der Waals surface area contributed by atoms with Gasteiger partial charge in [-0.2, -0.15) is 0 Å². The molecule has 0 radical (unpaired) electrons. The minimum Gasteiger partial charge on any atom is -0.399 e. The highest BCUT2D eigenvalue weighted by Crippen LogP contribution is 2.31. The number of carbonyl (C=O) groups excluding carboxylic acids is 5. The van der Waals surface area contributed by atoms with E-state index < -0.39 is 0 Å². The number of ketones is 1. The third-order valence-electron chi connectivity index (χ3n) is 8.18. The number of anilines is 1. The van der Waals surface area contributed by atoms with Gasteiger partial charge in [-0.1, -0.05) is 29.8 Å². The molecule has 2 aromatic rings. The predicted octanol–water partition coefficient (Wildman–Crippen LogP) is 1.43. The van der Waals surface area contributed by atoms with Crippen molar-refractivity contribution in [1.82, 2.24) is 30.5 Å². The molecule has 4 amide bonds. The number of nitrogens with two attached hydrogens (primary N) is 1. The zero-order valence-electron chi connectivity index (χ0n) is 28.9. The molecule has 1 saturated carbocycles. The molecule has 1 saturated heterocycles. The van der Waals surface area contributed by atoms with Gasteiger partial charge in [0.05, 0.1) is 45.7 Å². The molecule has 270 valence electrons. The molecule has 0 bridgehead atoms. The van der Waals surface area contributed by atoms with E-state index >= 15 is 0 Å². The molecule has 2 heterocycles. The number of nitrogens with zero attached hydrogens (tertiary/aromatic N) is 4. The number of carbonyl (C=O) groups is 5. The summed E-state index contributed by atoms with van der Waals surface area (Å²) in [6.45, 7) is 8.10. The summed E-state index contributed by atoms with van der Waals surface area (Å²) < 4.78 is 17.5. The lowest BCUT2D eigenvalue weighted by Gasteiger charge is -2.30. The molecule has 4 N–H and O–H groups in total. The minimum atomic E-state index is -0.303. The van der Waals surface area contributed by atoms with Crippen LogP contribution in [-0.4, -0.2) is 102 Å². The second-order valence-electron chi connectivity index (χ2n) is 12.5. The third kappa shape index (κ3) is 14.8. The van der Waals surface area contributed by atoms with Crippen LogP contribution in [0.25, 0.3) is 0 Å². The number of hydrogen-bond donors (Lipinski definition) is 3. The van der Waals surface area contributed by atoms with E-state index in [-0.39, 0.29) is 60.4 Å². The summed E-state index contributed by atoms with van der Waals surface area (Å²) in [5.74, 6) is -0.652. The summed E-state index contributed by atoms with van der Waals surface area (Å²) in [5, 5.41) is 13.7. The highest BCUT2D eigenvalue weighted by Gasteiger charge is 2.37. The van der Waals surface area contributed by atoms with E-state index in [2.05, 4.69) is 20.9 Å². The van der Waals surface area contributed by atoms with Crippen molar-refractivity contribution in [3.8, 4) is 0 Å². The van der Waals surface area contributed by atoms with Gasteiger partial charge < -0.3 is 30.6 Å². The Morgan fingerprint density at radius 3 is 2.27 bits per heavy atom. The molecule has 2 fully saturated rings. The molecule has 15 heteroatoms. The number of imide groups is 1. The molecule has 1 aromatic heterocycles. The van der Waals surface area contributed by atoms with Gasteiger partial charge in [-0.25, -0.2) is 4.68 Å². The maximum Gasteiger partial charge on any atom is 0.246 e. The van der Waals surface area contributed by atoms with E-state index in [4.69, 9.17) is 19.9 Å². The molecule has 0 spiro atoms. The third-order valence-corrected chi connectivity index (χ3v) is 8.18. The van der Waals surface area contributed by atoms with Crippen LogP contribution in [0.2, 0.25) is 0 Å². The number of Topliss-reactive ketones (excluding diaryl/α,β-unsaturated/α-hetero) is 1. The van der Waals surface area contributed by atoms with Crippen molar-refractivity contribution >= 4 is 35.1 Å². The molecular weight excluding hydrogens is 634 g/mol. The van der Waals surface area contributed by atoms with E-state index in [0.717, 1.165) is 31.4 Å². The average molecular weight is 686 g/mol. The number of nitrogen functional groups attached to an aromatic ring is 1. The molecular formula is C34H51N7O8. The first-order valence-corrected chi connectivity index (χ1v) is 16.8. The Balaban J connectivity index is 0.000000710. The number of rotatable bonds is 18. The summed E-state index contributed by atoms with van der Waals surface area (Å²) in [6.07, 6.45) is 5.18. The lowest BCUT2D eigenvalue weighted by molar-refractivity contribution is -0.140. The summed E-state index contributed by atoms with van der Waals surface area (Å²) in [6, 6.07) is 7.79. The van der Waals surface area contributed by atoms with Gasteiger partial charge in [0.25, 0.3) is 0 Å². The molecule has 1 unspecified atom stereocenters. The fourth-order valence-corrected chi connectivity index (χ4v) is 5.40. The highest BCUT2D eigenvalue weighted by molar-refractivity contribution is 6.03. The van der Waals surface area contributed by atoms with Gasteiger partial charge in [-0.15, -0.1) is 5.10 Å². The first kappa shape index (κ1) is 39.2. The van der Waals surface area contributed by atoms with Crippen molar-refractivity contribution in [2.24, 2.45) is 17.8 Å². The smallest absolute Gasteiger partial charge is 0.246 e. The van der Waals surface area contributed by atoms with E-state index in [1.54, 1.807) is 17.8 Å². The monoisotopic (exact) mass is 685 g/mol. The Morgan fingerprint density at radius 2 is 1.63 bits per heavy atom. The fourth-order valence-electron chi connectivity index (χ4n) is 5.40. The van der Waals surface area contributed by atoms with Crippen LogP contribution >= 0.6 is 0 Å². The number of amides is 4. The van der Waals surface area contributed by atoms with E-state index in [1.165, 1.54) is 17.4 Å². The Morgan fingerprint density at radius 1 is 0.939 bits per heavy atom. The van der Waals surface area contributed by atoms with Gasteiger partial charge >= 0.3 is 0 Å². The van der Waals surface area contributed by atoms with Gasteiger partial charge in [0, 0.05) is 37.0 Å². The Bertz CT molecular complexity index is 1340. The summed E-state index contributed by atoms with van der Waals surface area (Å²) >= 11 is 0. The van der Waals surface area contributed by atoms with Crippen molar-refractivity contribution in [2.45, 2.75) is 66.0 Å². The van der Waals surface area contributed by atoms with Gasteiger partial charge in [-0.05, 0) is 57.6 Å². The van der Waals surface area contributed by atoms with Crippen LogP contribution in [0.5, 0.6) is 0 Å². The predicted molar refractivity (Wildman–Crippen MR) is 180 cm³/mol. The van der Waals surface area contributed by atoms with Crippen molar-refractivity contribution in [2.75, 3.05) is 58.5 Å². The Kier molecular flexibility index (Phi) is 16.8. The molecule has 1 aliphatic heterocycles. The topological polar surface area (TPSA) is 197 Å². The highest BCUT2D eigenvalue weighted by atomic mass is 16.5. The summed E-state index contributed by atoms with van der Waals surface area (Å²) in [7, 11) is 0. The number of hydrogen-bond acceptors (Lipinski definition) is 11. The van der Waals surface area contributed by atoms with Gasteiger partial charge in [0.2, 0.25) is 23.6 Å². The standard InChI is InChI=1S/C27H42N6O8.C7H9N/c1-19-13-25(36)33(27(19)38)15-21-3-5-22(6-4-21)26(37)29-14-23-16-32(31-30-23)8-10-40-12-11-39-9-7-28-24(35)18-41-17-20(2)34;1-6-2-4-7(8)5-3-6/h16,19,21-22H,3-15,17-18H2,1-2H3,(H,28,35)(H,29,37);2-5H,8H2,1H3. The van der Waals surface area contributed by atoms with E-state index in [0.29, 0.717) is 64.7 Å². The van der Waals surface area contributed by atoms with Gasteiger partial charge in [0.1, 0.15) is 18.9 Å². The molecule has 1 aliphatic carbocycles. The number of ether oxygens (including phenoxy) is 3. The largest absolute Gasteiger partial charge is 0.399 e. The fraction of sp³-hybridized carbons (Fsp3) is 0.618. The van der Waals surface area contributed by atoms with Crippen LogP contribution in [0, 0.1) is 24.7 Å². The zero-order valence-corrected chi connectivity index (χ0v) is 28.9. The molecule has 1 atom stereocenters. The van der Waals surface area contributed by atoms with Crippen molar-refractivity contribution in [3.63, 3.8) is 0 Å². The first-order chi connectivity index (χ1) is 23.5. The van der Waals surface area contributed by atoms with Crippen LogP contribution in [0.1, 0.15) is 57.2 Å². The van der Waals surface area contributed by atoms with E-state index in [1.807, 2.05) is 31.2 Å².